The van der Waals surface area contributed by atoms with Crippen molar-refractivity contribution < 1.29 is 30.7 Å². The zero-order valence-corrected chi connectivity index (χ0v) is 11.5. The summed E-state index contributed by atoms with van der Waals surface area (Å²) in [5, 5.41) is 13.7. The fourth-order valence-corrected chi connectivity index (χ4v) is 2.92. The Labute approximate surface area is 114 Å². The van der Waals surface area contributed by atoms with Crippen LogP contribution >= 0.6 is 0 Å². The van der Waals surface area contributed by atoms with Crippen molar-refractivity contribution in [1.82, 2.24) is 4.72 Å². The smallest absolute Gasteiger partial charge is 0.265 e. The van der Waals surface area contributed by atoms with Gasteiger partial charge in [-0.3, -0.25) is 0 Å². The molecule has 20 heavy (non-hydrogen) atoms. The molecule has 0 heterocycles. The van der Waals surface area contributed by atoms with Crippen molar-refractivity contribution in [3.8, 4) is 0 Å². The molecule has 1 unspecified atom stereocenters. The van der Waals surface area contributed by atoms with Crippen LogP contribution in [-0.2, 0) is 20.0 Å². The predicted molar refractivity (Wildman–Crippen MR) is 65.0 cm³/mol. The third-order valence-electron chi connectivity index (χ3n) is 2.22. The van der Waals surface area contributed by atoms with Crippen molar-refractivity contribution in [2.45, 2.75) is 22.3 Å². The summed E-state index contributed by atoms with van der Waals surface area (Å²) in [4.78, 5) is -0.903. The first-order valence-corrected chi connectivity index (χ1v) is 8.16. The summed E-state index contributed by atoms with van der Waals surface area (Å²) < 4.78 is 71.5. The van der Waals surface area contributed by atoms with Crippen molar-refractivity contribution in [3.63, 3.8) is 0 Å². The predicted octanol–water partition coefficient (Wildman–Crippen LogP) is -0.762. The van der Waals surface area contributed by atoms with Gasteiger partial charge < -0.3 is 5.11 Å². The minimum atomic E-state index is -4.23. The minimum absolute atomic E-state index is 0.435. The highest BCUT2D eigenvalue weighted by Crippen LogP contribution is 2.14. The number of hydrogen-bond donors (Lipinski definition) is 3. The van der Waals surface area contributed by atoms with Gasteiger partial charge in [0, 0.05) is 6.54 Å². The highest BCUT2D eigenvalue weighted by molar-refractivity contribution is 7.90. The first-order chi connectivity index (χ1) is 9.04. The molecule has 4 N–H and O–H groups in total. The Balaban J connectivity index is 2.99. The van der Waals surface area contributed by atoms with Crippen molar-refractivity contribution in [1.29, 1.82) is 0 Å². The molecule has 0 saturated heterocycles. The fraction of sp³-hybridized carbons (Fsp3) is 0.333. The van der Waals surface area contributed by atoms with E-state index in [1.807, 2.05) is 0 Å². The van der Waals surface area contributed by atoms with Gasteiger partial charge >= 0.3 is 0 Å². The molecule has 0 aliphatic heterocycles. The zero-order valence-electron chi connectivity index (χ0n) is 9.90. The summed E-state index contributed by atoms with van der Waals surface area (Å²) in [5.41, 5.74) is 0. The number of rotatable bonds is 6. The van der Waals surface area contributed by atoms with Crippen molar-refractivity contribution in [2.24, 2.45) is 5.14 Å². The number of nitrogens with one attached hydrogen (secondary N) is 1. The zero-order chi connectivity index (χ0) is 15.6. The van der Waals surface area contributed by atoms with Crippen LogP contribution in [0.2, 0.25) is 0 Å². The van der Waals surface area contributed by atoms with E-state index in [0.717, 1.165) is 24.3 Å². The Morgan fingerprint density at radius 2 is 1.75 bits per heavy atom. The maximum atomic E-state index is 12.0. The Kier molecular flexibility index (Phi) is 5.15. The fourth-order valence-electron chi connectivity index (χ4n) is 1.19. The van der Waals surface area contributed by atoms with Crippen molar-refractivity contribution in [3.05, 3.63) is 24.3 Å². The molecule has 0 saturated carbocycles. The average Bonchev–Trinajstić information content (AvgIpc) is 2.35. The van der Waals surface area contributed by atoms with Crippen LogP contribution in [-0.4, -0.2) is 41.0 Å². The van der Waals surface area contributed by atoms with E-state index in [9.17, 15) is 25.6 Å². The lowest BCUT2D eigenvalue weighted by atomic mass is 10.4. The van der Waals surface area contributed by atoms with Crippen LogP contribution in [0.4, 0.5) is 8.78 Å². The van der Waals surface area contributed by atoms with Crippen LogP contribution in [0.5, 0.6) is 0 Å². The number of benzene rings is 1. The van der Waals surface area contributed by atoms with Crippen LogP contribution in [0.3, 0.4) is 0 Å². The summed E-state index contributed by atoms with van der Waals surface area (Å²) in [6, 6.07) is 4.07. The van der Waals surface area contributed by atoms with Gasteiger partial charge in [0.1, 0.15) is 6.10 Å². The van der Waals surface area contributed by atoms with Crippen LogP contribution in [0.1, 0.15) is 0 Å². The summed E-state index contributed by atoms with van der Waals surface area (Å²) >= 11 is 0. The van der Waals surface area contributed by atoms with Gasteiger partial charge in [-0.2, -0.15) is 0 Å². The molecule has 7 nitrogen and oxygen atoms in total. The molecule has 0 aliphatic carbocycles. The lowest BCUT2D eigenvalue weighted by Crippen LogP contribution is -2.35. The van der Waals surface area contributed by atoms with E-state index in [1.54, 1.807) is 4.72 Å². The van der Waals surface area contributed by atoms with E-state index in [0.29, 0.717) is 0 Å². The molecular formula is C9H12F2N2O5S2. The molecule has 1 rings (SSSR count). The Morgan fingerprint density at radius 3 is 2.25 bits per heavy atom. The molecule has 1 aromatic rings. The molecule has 11 heteroatoms. The number of sulfonamides is 2. The molecule has 0 aliphatic rings. The van der Waals surface area contributed by atoms with E-state index in [-0.39, 0.29) is 0 Å². The van der Waals surface area contributed by atoms with Crippen molar-refractivity contribution in [2.75, 3.05) is 6.54 Å². The van der Waals surface area contributed by atoms with E-state index < -0.39 is 48.9 Å². The Hall–Kier alpha value is -1.14. The van der Waals surface area contributed by atoms with Gasteiger partial charge in [-0.05, 0) is 18.2 Å². The van der Waals surface area contributed by atoms with Gasteiger partial charge in [-0.15, -0.1) is 0 Å². The highest BCUT2D eigenvalue weighted by Gasteiger charge is 2.22. The Morgan fingerprint density at radius 1 is 1.20 bits per heavy atom. The van der Waals surface area contributed by atoms with Gasteiger partial charge in [0.2, 0.25) is 20.0 Å². The number of hydrogen-bond acceptors (Lipinski definition) is 5. The van der Waals surface area contributed by atoms with E-state index in [4.69, 9.17) is 10.2 Å². The molecular weight excluding hydrogens is 318 g/mol. The van der Waals surface area contributed by atoms with Gasteiger partial charge in [0.15, 0.2) is 0 Å². The topological polar surface area (TPSA) is 127 Å². The number of aliphatic hydroxyl groups is 1. The first-order valence-electron chi connectivity index (χ1n) is 5.13. The monoisotopic (exact) mass is 330 g/mol. The van der Waals surface area contributed by atoms with E-state index in [1.165, 1.54) is 0 Å². The second-order valence-corrected chi connectivity index (χ2v) is 7.10. The highest BCUT2D eigenvalue weighted by atomic mass is 32.2. The molecule has 0 radical (unpaired) electrons. The van der Waals surface area contributed by atoms with Gasteiger partial charge in [-0.25, -0.2) is 35.5 Å². The average molecular weight is 330 g/mol. The SMILES string of the molecule is NS(=O)(=O)c1cccc(S(=O)(=O)NCC(O)C(F)F)c1. The van der Waals surface area contributed by atoms with Gasteiger partial charge in [0.25, 0.3) is 6.43 Å². The Bertz CT molecular complexity index is 675. The molecule has 114 valence electrons. The molecule has 0 spiro atoms. The van der Waals surface area contributed by atoms with Gasteiger partial charge in [-0.1, -0.05) is 6.07 Å². The number of primary sulfonamides is 1. The first kappa shape index (κ1) is 16.9. The van der Waals surface area contributed by atoms with Crippen LogP contribution in [0.25, 0.3) is 0 Å². The van der Waals surface area contributed by atoms with Crippen molar-refractivity contribution >= 4 is 20.0 Å². The number of nitrogens with two attached hydrogens (primary N) is 1. The van der Waals surface area contributed by atoms with Gasteiger partial charge in [0.05, 0.1) is 9.79 Å². The van der Waals surface area contributed by atoms with E-state index >= 15 is 0 Å². The number of aliphatic hydroxyl groups excluding tert-OH is 1. The summed E-state index contributed by atoms with van der Waals surface area (Å²) in [6.07, 6.45) is -5.26. The molecule has 1 atom stereocenters. The molecule has 0 bridgehead atoms. The third-order valence-corrected chi connectivity index (χ3v) is 4.55. The molecule has 0 aromatic heterocycles. The van der Waals surface area contributed by atoms with Crippen LogP contribution in [0.15, 0.2) is 34.1 Å². The normalized spacial score (nSPS) is 14.4. The second-order valence-electron chi connectivity index (χ2n) is 3.77. The lowest BCUT2D eigenvalue weighted by Gasteiger charge is -2.11. The molecule has 0 amide bonds. The maximum absolute atomic E-state index is 12.0. The number of halogens is 2. The standard InChI is InChI=1S/C9H12F2N2O5S2/c10-9(11)8(14)5-13-20(17,18)7-3-1-2-6(4-7)19(12,15)16/h1-4,8-9,13-14H,5H2,(H2,12,15,16). The lowest BCUT2D eigenvalue weighted by molar-refractivity contribution is -0.000451. The van der Waals surface area contributed by atoms with Crippen LogP contribution in [0, 0.1) is 0 Å². The maximum Gasteiger partial charge on any atom is 0.265 e. The summed E-state index contributed by atoms with van der Waals surface area (Å²) in [5.74, 6) is 0. The third kappa shape index (κ3) is 4.45. The summed E-state index contributed by atoms with van der Waals surface area (Å²) in [7, 11) is -8.33. The second kappa shape index (κ2) is 6.10. The molecule has 0 fully saturated rings. The van der Waals surface area contributed by atoms with Crippen LogP contribution < -0.4 is 9.86 Å². The molecule has 1 aromatic carbocycles. The quantitative estimate of drug-likeness (QED) is 0.632. The van der Waals surface area contributed by atoms with E-state index in [2.05, 4.69) is 0 Å². The minimum Gasteiger partial charge on any atom is -0.386 e. The summed E-state index contributed by atoms with van der Waals surface area (Å²) in [6.45, 7) is -0.903. The largest absolute Gasteiger partial charge is 0.386 e. The number of alkyl halides is 2.